The summed E-state index contributed by atoms with van der Waals surface area (Å²) < 4.78 is 5.26. The molecule has 0 saturated heterocycles. The van der Waals surface area contributed by atoms with Gasteiger partial charge in [-0.3, -0.25) is 9.89 Å². The van der Waals surface area contributed by atoms with Crippen molar-refractivity contribution in [3.05, 3.63) is 47.8 Å². The standard InChI is InChI=1S/C20H24N4O2S/c1-4-5-18-21-20(23-22-18)27-13-19(25)24(2)12-14-6-7-16-11-17(26-3)9-8-15(16)10-14/h6-11H,4-5,12-13H2,1-3H3,(H,21,22,23). The van der Waals surface area contributed by atoms with Gasteiger partial charge in [0.15, 0.2) is 0 Å². The summed E-state index contributed by atoms with van der Waals surface area (Å²) in [5.41, 5.74) is 1.09. The average molecular weight is 385 g/mol. The first-order chi connectivity index (χ1) is 13.1. The van der Waals surface area contributed by atoms with Crippen LogP contribution in [0.15, 0.2) is 41.6 Å². The molecule has 0 aliphatic rings. The van der Waals surface area contributed by atoms with E-state index in [1.165, 1.54) is 11.8 Å². The predicted octanol–water partition coefficient (Wildman–Crippen LogP) is 3.67. The molecular formula is C20H24N4O2S. The molecule has 27 heavy (non-hydrogen) atoms. The minimum atomic E-state index is 0.0525. The lowest BCUT2D eigenvalue weighted by Crippen LogP contribution is -2.27. The van der Waals surface area contributed by atoms with E-state index in [2.05, 4.69) is 34.2 Å². The maximum absolute atomic E-state index is 12.4. The Labute approximate surface area is 163 Å². The minimum absolute atomic E-state index is 0.0525. The first-order valence-corrected chi connectivity index (χ1v) is 9.92. The van der Waals surface area contributed by atoms with E-state index in [9.17, 15) is 4.79 Å². The number of amides is 1. The molecule has 142 valence electrons. The number of benzene rings is 2. The Hall–Kier alpha value is -2.54. The summed E-state index contributed by atoms with van der Waals surface area (Å²) in [6.45, 7) is 2.66. The van der Waals surface area contributed by atoms with Crippen LogP contribution in [0.1, 0.15) is 24.7 Å². The van der Waals surface area contributed by atoms with Gasteiger partial charge in [0.1, 0.15) is 11.6 Å². The second-order valence-electron chi connectivity index (χ2n) is 6.40. The maximum Gasteiger partial charge on any atom is 0.233 e. The Balaban J connectivity index is 1.57. The van der Waals surface area contributed by atoms with E-state index < -0.39 is 0 Å². The van der Waals surface area contributed by atoms with Crippen LogP contribution in [0.2, 0.25) is 0 Å². The number of rotatable bonds is 8. The zero-order valence-corrected chi connectivity index (χ0v) is 16.7. The predicted molar refractivity (Wildman–Crippen MR) is 108 cm³/mol. The molecule has 3 aromatic rings. The van der Waals surface area contributed by atoms with Crippen molar-refractivity contribution in [1.82, 2.24) is 20.1 Å². The number of nitrogens with zero attached hydrogens (tertiary/aromatic N) is 3. The van der Waals surface area contributed by atoms with Crippen molar-refractivity contribution in [2.75, 3.05) is 19.9 Å². The molecule has 0 unspecified atom stereocenters. The summed E-state index contributed by atoms with van der Waals surface area (Å²) in [6.07, 6.45) is 1.88. The highest BCUT2D eigenvalue weighted by atomic mass is 32.2. The Morgan fingerprint density at radius 2 is 2.00 bits per heavy atom. The van der Waals surface area contributed by atoms with Gasteiger partial charge in [-0.15, -0.1) is 5.10 Å². The number of methoxy groups -OCH3 is 1. The fraction of sp³-hybridized carbons (Fsp3) is 0.350. The molecule has 0 fully saturated rings. The number of aryl methyl sites for hydroxylation is 1. The Morgan fingerprint density at radius 3 is 2.78 bits per heavy atom. The number of nitrogens with one attached hydrogen (secondary N) is 1. The molecule has 0 aliphatic carbocycles. The lowest BCUT2D eigenvalue weighted by atomic mass is 10.1. The Kier molecular flexibility index (Phi) is 6.34. The molecule has 7 heteroatoms. The van der Waals surface area contributed by atoms with E-state index in [4.69, 9.17) is 4.74 Å². The third-order valence-corrected chi connectivity index (χ3v) is 5.11. The van der Waals surface area contributed by atoms with Gasteiger partial charge in [0.05, 0.1) is 12.9 Å². The number of carbonyl (C=O) groups is 1. The number of fused-ring (bicyclic) bond motifs is 1. The summed E-state index contributed by atoms with van der Waals surface area (Å²) in [5, 5.41) is 9.93. The van der Waals surface area contributed by atoms with Crippen molar-refractivity contribution in [1.29, 1.82) is 0 Å². The monoisotopic (exact) mass is 384 g/mol. The van der Waals surface area contributed by atoms with Gasteiger partial charge in [-0.2, -0.15) is 0 Å². The van der Waals surface area contributed by atoms with Crippen molar-refractivity contribution in [2.24, 2.45) is 0 Å². The molecule has 0 bridgehead atoms. The number of hydrogen-bond acceptors (Lipinski definition) is 5. The molecule has 0 aliphatic heterocycles. The first kappa shape index (κ1) is 19.2. The zero-order chi connectivity index (χ0) is 19.2. The Bertz CT molecular complexity index is 925. The third kappa shape index (κ3) is 5.01. The normalized spacial score (nSPS) is 10.9. The maximum atomic E-state index is 12.4. The molecule has 1 aromatic heterocycles. The van der Waals surface area contributed by atoms with Crippen molar-refractivity contribution in [3.63, 3.8) is 0 Å². The smallest absolute Gasteiger partial charge is 0.233 e. The van der Waals surface area contributed by atoms with E-state index in [0.29, 0.717) is 17.5 Å². The van der Waals surface area contributed by atoms with E-state index in [1.807, 2.05) is 31.3 Å². The number of aromatic nitrogens is 3. The molecule has 1 heterocycles. The summed E-state index contributed by atoms with van der Waals surface area (Å²) >= 11 is 1.36. The van der Waals surface area contributed by atoms with Gasteiger partial charge in [0.2, 0.25) is 11.1 Å². The van der Waals surface area contributed by atoms with Crippen molar-refractivity contribution in [3.8, 4) is 5.75 Å². The number of hydrogen-bond donors (Lipinski definition) is 1. The zero-order valence-electron chi connectivity index (χ0n) is 15.9. The van der Waals surface area contributed by atoms with Crippen LogP contribution >= 0.6 is 11.8 Å². The SMILES string of the molecule is CCCc1nc(SCC(=O)N(C)Cc2ccc3cc(OC)ccc3c2)n[nH]1. The van der Waals surface area contributed by atoms with Crippen LogP contribution < -0.4 is 4.74 Å². The molecular weight excluding hydrogens is 360 g/mol. The van der Waals surface area contributed by atoms with Crippen LogP contribution in [-0.4, -0.2) is 45.9 Å². The van der Waals surface area contributed by atoms with Gasteiger partial charge in [-0.25, -0.2) is 4.98 Å². The van der Waals surface area contributed by atoms with Gasteiger partial charge in [-0.05, 0) is 41.0 Å². The molecule has 0 atom stereocenters. The van der Waals surface area contributed by atoms with Gasteiger partial charge in [0.25, 0.3) is 0 Å². The van der Waals surface area contributed by atoms with E-state index >= 15 is 0 Å². The topological polar surface area (TPSA) is 71.1 Å². The van der Waals surface area contributed by atoms with E-state index in [1.54, 1.807) is 12.0 Å². The lowest BCUT2D eigenvalue weighted by Gasteiger charge is -2.17. The van der Waals surface area contributed by atoms with Gasteiger partial charge >= 0.3 is 0 Å². The molecule has 3 rings (SSSR count). The van der Waals surface area contributed by atoms with Gasteiger partial charge in [0, 0.05) is 20.0 Å². The van der Waals surface area contributed by atoms with Crippen LogP contribution in [0.5, 0.6) is 5.75 Å². The molecule has 0 radical (unpaired) electrons. The third-order valence-electron chi connectivity index (χ3n) is 4.28. The molecule has 6 nitrogen and oxygen atoms in total. The second kappa shape index (κ2) is 8.90. The summed E-state index contributed by atoms with van der Waals surface area (Å²) in [4.78, 5) is 18.5. The quantitative estimate of drug-likeness (QED) is 0.600. The van der Waals surface area contributed by atoms with E-state index in [0.717, 1.165) is 40.8 Å². The van der Waals surface area contributed by atoms with Crippen molar-refractivity contribution >= 4 is 28.4 Å². The molecule has 2 aromatic carbocycles. The van der Waals surface area contributed by atoms with Crippen molar-refractivity contribution in [2.45, 2.75) is 31.5 Å². The molecule has 0 spiro atoms. The average Bonchev–Trinajstić information content (AvgIpc) is 3.13. The Morgan fingerprint density at radius 1 is 1.22 bits per heavy atom. The number of H-pyrrole nitrogens is 1. The van der Waals surface area contributed by atoms with Crippen LogP contribution in [-0.2, 0) is 17.8 Å². The highest BCUT2D eigenvalue weighted by molar-refractivity contribution is 7.99. The summed E-state index contributed by atoms with van der Waals surface area (Å²) in [6, 6.07) is 12.2. The molecule has 0 saturated carbocycles. The fourth-order valence-electron chi connectivity index (χ4n) is 2.79. The van der Waals surface area contributed by atoms with Gasteiger partial charge < -0.3 is 9.64 Å². The second-order valence-corrected chi connectivity index (χ2v) is 7.34. The number of aromatic amines is 1. The summed E-state index contributed by atoms with van der Waals surface area (Å²) in [7, 11) is 3.48. The minimum Gasteiger partial charge on any atom is -0.497 e. The number of ether oxygens (including phenoxy) is 1. The summed E-state index contributed by atoms with van der Waals surface area (Å²) in [5.74, 6) is 2.09. The first-order valence-electron chi connectivity index (χ1n) is 8.93. The highest BCUT2D eigenvalue weighted by Crippen LogP contribution is 2.22. The molecule has 1 amide bonds. The van der Waals surface area contributed by atoms with E-state index in [-0.39, 0.29) is 5.91 Å². The number of carbonyl (C=O) groups excluding carboxylic acids is 1. The van der Waals surface area contributed by atoms with Crippen molar-refractivity contribution < 1.29 is 9.53 Å². The van der Waals surface area contributed by atoms with Crippen LogP contribution in [0.3, 0.4) is 0 Å². The molecule has 1 N–H and O–H groups in total. The van der Waals surface area contributed by atoms with Gasteiger partial charge in [-0.1, -0.05) is 36.9 Å². The van der Waals surface area contributed by atoms with Crippen LogP contribution in [0.4, 0.5) is 0 Å². The largest absolute Gasteiger partial charge is 0.497 e. The number of thioether (sulfide) groups is 1. The highest BCUT2D eigenvalue weighted by Gasteiger charge is 2.12. The van der Waals surface area contributed by atoms with Crippen LogP contribution in [0, 0.1) is 0 Å². The lowest BCUT2D eigenvalue weighted by molar-refractivity contribution is -0.127. The van der Waals surface area contributed by atoms with Crippen LogP contribution in [0.25, 0.3) is 10.8 Å². The fourth-order valence-corrected chi connectivity index (χ4v) is 3.55.